The molecule has 0 unspecified atom stereocenters. The third kappa shape index (κ3) is 3.69. The fourth-order valence-corrected chi connectivity index (χ4v) is 3.53. The molecule has 4 rings (SSSR count). The van der Waals surface area contributed by atoms with E-state index in [0.29, 0.717) is 19.4 Å². The molecule has 3 heterocycles. The van der Waals surface area contributed by atoms with Gasteiger partial charge in [-0.05, 0) is 36.6 Å². The van der Waals surface area contributed by atoms with E-state index in [1.807, 2.05) is 28.8 Å². The first-order valence-electron chi connectivity index (χ1n) is 9.30. The molecule has 0 aliphatic rings. The summed E-state index contributed by atoms with van der Waals surface area (Å²) in [5.74, 6) is 0.950. The number of aromatic nitrogens is 4. The Bertz CT molecular complexity index is 1080. The highest BCUT2D eigenvalue weighted by Gasteiger charge is 2.08. The molecule has 1 N–H and O–H groups in total. The summed E-state index contributed by atoms with van der Waals surface area (Å²) >= 11 is 0. The van der Waals surface area contributed by atoms with Crippen molar-refractivity contribution in [3.63, 3.8) is 0 Å². The lowest BCUT2D eigenvalue weighted by atomic mass is 10.1. The minimum atomic E-state index is 0.0871. The van der Waals surface area contributed by atoms with Gasteiger partial charge in [0.15, 0.2) is 5.65 Å². The Kier molecular flexibility index (Phi) is 4.87. The molecule has 138 valence electrons. The Balaban J connectivity index is 1.25. The van der Waals surface area contributed by atoms with Gasteiger partial charge in [0.1, 0.15) is 5.82 Å². The van der Waals surface area contributed by atoms with Crippen LogP contribution in [0.3, 0.4) is 0 Å². The minimum absolute atomic E-state index is 0.0871. The van der Waals surface area contributed by atoms with Crippen molar-refractivity contribution < 1.29 is 4.79 Å². The predicted octanol–water partition coefficient (Wildman–Crippen LogP) is 2.90. The lowest BCUT2D eigenvalue weighted by Crippen LogP contribution is -2.26. The molecule has 0 aliphatic heterocycles. The van der Waals surface area contributed by atoms with Crippen LogP contribution in [0, 0.1) is 0 Å². The monoisotopic (exact) mass is 361 g/mol. The third-order valence-corrected chi connectivity index (χ3v) is 4.88. The summed E-state index contributed by atoms with van der Waals surface area (Å²) in [4.78, 5) is 12.1. The number of para-hydroxylation sites is 1. The lowest BCUT2D eigenvalue weighted by molar-refractivity contribution is -0.121. The summed E-state index contributed by atoms with van der Waals surface area (Å²) in [6, 6.07) is 14.2. The van der Waals surface area contributed by atoms with E-state index < -0.39 is 0 Å². The highest BCUT2D eigenvalue weighted by atomic mass is 16.1. The number of carbonyl (C=O) groups excluding carboxylic acids is 1. The van der Waals surface area contributed by atoms with Crippen LogP contribution in [0.2, 0.25) is 0 Å². The molecule has 3 aromatic heterocycles. The summed E-state index contributed by atoms with van der Waals surface area (Å²) in [5, 5.41) is 12.6. The molecule has 0 atom stereocenters. The van der Waals surface area contributed by atoms with Crippen LogP contribution in [0.1, 0.15) is 24.2 Å². The summed E-state index contributed by atoms with van der Waals surface area (Å²) in [6.45, 7) is 0.572. The van der Waals surface area contributed by atoms with Gasteiger partial charge in [0.2, 0.25) is 5.91 Å². The molecule has 0 bridgehead atoms. The largest absolute Gasteiger partial charge is 0.356 e. The van der Waals surface area contributed by atoms with Crippen LogP contribution in [0.25, 0.3) is 16.6 Å². The Hall–Kier alpha value is -3.15. The van der Waals surface area contributed by atoms with Crippen LogP contribution in [-0.4, -0.2) is 31.6 Å². The predicted molar refractivity (Wildman–Crippen MR) is 106 cm³/mol. The maximum Gasteiger partial charge on any atom is 0.220 e. The average molecular weight is 361 g/mol. The fourth-order valence-electron chi connectivity index (χ4n) is 3.53. The molecule has 0 saturated heterocycles. The summed E-state index contributed by atoms with van der Waals surface area (Å²) in [6.07, 6.45) is 7.05. The molecule has 1 aromatic carbocycles. The van der Waals surface area contributed by atoms with Gasteiger partial charge >= 0.3 is 0 Å². The van der Waals surface area contributed by atoms with Crippen molar-refractivity contribution in [3.8, 4) is 0 Å². The minimum Gasteiger partial charge on any atom is -0.356 e. The second kappa shape index (κ2) is 7.61. The van der Waals surface area contributed by atoms with Crippen LogP contribution in [0.4, 0.5) is 0 Å². The van der Waals surface area contributed by atoms with Gasteiger partial charge < -0.3 is 9.88 Å². The Morgan fingerprint density at radius 2 is 1.93 bits per heavy atom. The standard InChI is InChI=1S/C21H23N5O/c1-25-15-16(17-8-2-3-9-18(17)25)7-6-11-21(27)22-13-12-20-24-23-19-10-4-5-14-26(19)20/h2-5,8-10,14-15H,6-7,11-13H2,1H3,(H,22,27). The van der Waals surface area contributed by atoms with Crippen LogP contribution >= 0.6 is 0 Å². The Morgan fingerprint density at radius 1 is 1.07 bits per heavy atom. The van der Waals surface area contributed by atoms with Crippen molar-refractivity contribution in [2.45, 2.75) is 25.7 Å². The number of amides is 1. The first-order chi connectivity index (χ1) is 13.2. The molecule has 6 heteroatoms. The number of nitrogens with one attached hydrogen (secondary N) is 1. The molecule has 27 heavy (non-hydrogen) atoms. The van der Waals surface area contributed by atoms with Crippen molar-refractivity contribution >= 4 is 22.5 Å². The number of hydrogen-bond acceptors (Lipinski definition) is 3. The quantitative estimate of drug-likeness (QED) is 0.550. The van der Waals surface area contributed by atoms with Crippen molar-refractivity contribution in [3.05, 3.63) is 66.2 Å². The van der Waals surface area contributed by atoms with Crippen molar-refractivity contribution in [2.24, 2.45) is 7.05 Å². The maximum atomic E-state index is 12.1. The highest BCUT2D eigenvalue weighted by molar-refractivity contribution is 5.84. The van der Waals surface area contributed by atoms with Gasteiger partial charge in [0.25, 0.3) is 0 Å². The summed E-state index contributed by atoms with van der Waals surface area (Å²) < 4.78 is 4.10. The van der Waals surface area contributed by atoms with Crippen molar-refractivity contribution in [1.29, 1.82) is 0 Å². The number of rotatable bonds is 7. The zero-order valence-electron chi connectivity index (χ0n) is 15.4. The van der Waals surface area contributed by atoms with E-state index in [-0.39, 0.29) is 5.91 Å². The average Bonchev–Trinajstić information content (AvgIpc) is 3.24. The van der Waals surface area contributed by atoms with Gasteiger partial charge in [0.05, 0.1) is 0 Å². The third-order valence-electron chi connectivity index (χ3n) is 4.88. The molecule has 0 spiro atoms. The number of hydrogen-bond donors (Lipinski definition) is 1. The van der Waals surface area contributed by atoms with E-state index in [1.54, 1.807) is 0 Å². The van der Waals surface area contributed by atoms with Gasteiger partial charge in [-0.25, -0.2) is 0 Å². The molecule has 0 fully saturated rings. The Labute approximate surface area is 157 Å². The lowest BCUT2D eigenvalue weighted by Gasteiger charge is -2.05. The van der Waals surface area contributed by atoms with E-state index in [9.17, 15) is 4.79 Å². The van der Waals surface area contributed by atoms with E-state index in [4.69, 9.17) is 0 Å². The van der Waals surface area contributed by atoms with Crippen LogP contribution in [-0.2, 0) is 24.7 Å². The zero-order valence-corrected chi connectivity index (χ0v) is 15.4. The van der Waals surface area contributed by atoms with Gasteiger partial charge in [-0.1, -0.05) is 24.3 Å². The number of pyridine rings is 1. The maximum absolute atomic E-state index is 12.1. The first-order valence-corrected chi connectivity index (χ1v) is 9.30. The smallest absolute Gasteiger partial charge is 0.220 e. The second-order valence-electron chi connectivity index (χ2n) is 6.78. The van der Waals surface area contributed by atoms with Gasteiger partial charge in [-0.3, -0.25) is 9.20 Å². The van der Waals surface area contributed by atoms with Gasteiger partial charge in [-0.15, -0.1) is 10.2 Å². The SMILES string of the molecule is Cn1cc(CCCC(=O)NCCc2nnc3ccccn23)c2ccccc21. The molecule has 0 saturated carbocycles. The van der Waals surface area contributed by atoms with E-state index >= 15 is 0 Å². The van der Waals surface area contributed by atoms with Gasteiger partial charge in [0, 0.05) is 49.7 Å². The number of aryl methyl sites for hydroxylation is 2. The second-order valence-corrected chi connectivity index (χ2v) is 6.78. The molecule has 1 amide bonds. The number of nitrogens with zero attached hydrogens (tertiary/aromatic N) is 4. The first kappa shape index (κ1) is 17.3. The zero-order chi connectivity index (χ0) is 18.6. The van der Waals surface area contributed by atoms with Crippen LogP contribution in [0.15, 0.2) is 54.9 Å². The molecule has 0 radical (unpaired) electrons. The molecular weight excluding hydrogens is 338 g/mol. The Morgan fingerprint density at radius 3 is 2.85 bits per heavy atom. The fraction of sp³-hybridized carbons (Fsp3) is 0.286. The van der Waals surface area contributed by atoms with E-state index in [2.05, 4.69) is 57.6 Å². The van der Waals surface area contributed by atoms with Crippen molar-refractivity contribution in [2.75, 3.05) is 6.54 Å². The van der Waals surface area contributed by atoms with Crippen LogP contribution < -0.4 is 5.32 Å². The van der Waals surface area contributed by atoms with E-state index in [1.165, 1.54) is 16.5 Å². The molecule has 6 nitrogen and oxygen atoms in total. The van der Waals surface area contributed by atoms with Crippen molar-refractivity contribution in [1.82, 2.24) is 24.5 Å². The number of carbonyl (C=O) groups is 1. The summed E-state index contributed by atoms with van der Waals surface area (Å²) in [7, 11) is 2.06. The van der Waals surface area contributed by atoms with Crippen LogP contribution in [0.5, 0.6) is 0 Å². The van der Waals surface area contributed by atoms with Gasteiger partial charge in [-0.2, -0.15) is 0 Å². The number of benzene rings is 1. The topological polar surface area (TPSA) is 64.2 Å². The normalized spacial score (nSPS) is 11.3. The summed E-state index contributed by atoms with van der Waals surface area (Å²) in [5.41, 5.74) is 3.36. The number of fused-ring (bicyclic) bond motifs is 2. The molecular formula is C21H23N5O. The van der Waals surface area contributed by atoms with E-state index in [0.717, 1.165) is 24.3 Å². The molecule has 0 aliphatic carbocycles. The highest BCUT2D eigenvalue weighted by Crippen LogP contribution is 2.21. The molecule has 4 aromatic rings.